The maximum absolute atomic E-state index is 8.30. The molecule has 0 spiro atoms. The third-order valence-electron chi connectivity index (χ3n) is 14.0. The summed E-state index contributed by atoms with van der Waals surface area (Å²) in [6.07, 6.45) is 1.94. The van der Waals surface area contributed by atoms with E-state index in [9.17, 15) is 0 Å². The van der Waals surface area contributed by atoms with Gasteiger partial charge in [0.1, 0.15) is 5.82 Å². The summed E-state index contributed by atoms with van der Waals surface area (Å²) >= 11 is 0. The molecule has 9 aromatic rings. The molecule has 2 aliphatic heterocycles. The van der Waals surface area contributed by atoms with Gasteiger partial charge in [0.2, 0.25) is 0 Å². The van der Waals surface area contributed by atoms with Gasteiger partial charge in [-0.2, -0.15) is 18.2 Å². The fraction of sp³-hybridized carbons (Fsp3) is 0.228. The van der Waals surface area contributed by atoms with Gasteiger partial charge in [-0.25, -0.2) is 4.98 Å². The van der Waals surface area contributed by atoms with Crippen molar-refractivity contribution < 1.29 is 24.2 Å². The van der Waals surface area contributed by atoms with Crippen molar-refractivity contribution in [1.82, 2.24) is 14.4 Å². The zero-order valence-corrected chi connectivity index (χ0v) is 40.4. The summed E-state index contributed by atoms with van der Waals surface area (Å²) in [5, 5.41) is 2.53. The first-order chi connectivity index (χ1) is 31.4. The second kappa shape index (κ2) is 15.9. The van der Waals surface area contributed by atoms with Crippen LogP contribution >= 0.6 is 0 Å². The van der Waals surface area contributed by atoms with Gasteiger partial charge in [0, 0.05) is 63.7 Å². The molecule has 0 aliphatic carbocycles. The second-order valence-electron chi connectivity index (χ2n) is 19.2. The summed E-state index contributed by atoms with van der Waals surface area (Å²) < 4.78 is 27.1. The van der Waals surface area contributed by atoms with E-state index in [0.717, 1.165) is 72.7 Å². The summed E-state index contributed by atoms with van der Waals surface area (Å²) in [5.41, 5.74) is 14.4. The number of hydrogen-bond acceptors (Lipinski definition) is 4. The van der Waals surface area contributed by atoms with E-state index in [-0.39, 0.29) is 43.3 Å². The predicted octanol–water partition coefficient (Wildman–Crippen LogP) is 13.5. The van der Waals surface area contributed by atoms with Crippen LogP contribution in [0.5, 0.6) is 0 Å². The number of hydrogen-bond donors (Lipinski definition) is 0. The average Bonchev–Trinajstić information content (AvgIpc) is 3.87. The normalized spacial score (nSPS) is 15.6. The number of pyridine rings is 2. The van der Waals surface area contributed by atoms with E-state index >= 15 is 0 Å². The first kappa shape index (κ1) is 39.6. The van der Waals surface area contributed by atoms with Gasteiger partial charge in [-0.1, -0.05) is 161 Å². The van der Waals surface area contributed by atoms with Crippen molar-refractivity contribution in [2.75, 3.05) is 9.62 Å². The number of aromatic nitrogens is 3. The van der Waals surface area contributed by atoms with Crippen LogP contribution in [0.1, 0.15) is 86.1 Å². The fourth-order valence-electron chi connectivity index (χ4n) is 10.0. The maximum atomic E-state index is 8.30. The van der Waals surface area contributed by atoms with Crippen LogP contribution in [0, 0.1) is 32.8 Å². The Hall–Kier alpha value is -6.01. The van der Waals surface area contributed by atoms with E-state index in [4.69, 9.17) is 14.1 Å². The molecule has 321 valence electrons. The van der Waals surface area contributed by atoms with Crippen LogP contribution < -0.4 is 15.1 Å². The van der Waals surface area contributed by atoms with Gasteiger partial charge in [0.25, 0.3) is 0 Å². The number of nitrogens with zero attached hydrogens (tertiary/aromatic N) is 5. The van der Waals surface area contributed by atoms with E-state index in [0.29, 0.717) is 5.56 Å². The monoisotopic (exact) mass is 1020 g/mol. The third kappa shape index (κ3) is 6.62. The van der Waals surface area contributed by atoms with Gasteiger partial charge >= 0.3 is 6.98 Å². The van der Waals surface area contributed by atoms with Crippen molar-refractivity contribution in [2.45, 2.75) is 85.4 Å². The number of aryl methyl sites for hydroxylation is 3. The minimum Gasteiger partial charge on any atom is -0.415 e. The Morgan fingerprint density at radius 3 is 2.09 bits per heavy atom. The number of benzene rings is 6. The standard InChI is InChI=1S/C29H29BN3.C28H25N2.Ir/c1-21-12-11-13-22(2)28(21)30-32(24-14-7-6-8-15-24)25-16-9-10-17-26(25)33(30)27-20-23(18-19-31-27)29(3,4)5;1-17-15-16-21-24-22(17)19-13-9-10-14-20(19)26-29-23(18-11-7-6-8-12-18)25(30(24)26)28(4,5)27(21,2)3;/h6-16,18-20H,1-5H3;6-13,15-16H,1-5H3;/q2*-1;/i;1D3;. The molecule has 0 amide bonds. The number of para-hydroxylation sites is 2. The molecule has 1 radical (unpaired) electrons. The van der Waals surface area contributed by atoms with E-state index in [1.54, 1.807) is 6.07 Å². The first-order valence-corrected chi connectivity index (χ1v) is 22.0. The van der Waals surface area contributed by atoms with Crippen molar-refractivity contribution >= 4 is 62.6 Å². The third-order valence-corrected chi connectivity index (χ3v) is 14.0. The molecule has 0 bridgehead atoms. The van der Waals surface area contributed by atoms with E-state index in [2.05, 4.69) is 173 Å². The van der Waals surface area contributed by atoms with Crippen molar-refractivity contribution in [2.24, 2.45) is 0 Å². The van der Waals surface area contributed by atoms with E-state index < -0.39 is 6.85 Å². The Kier molecular flexibility index (Phi) is 9.84. The summed E-state index contributed by atoms with van der Waals surface area (Å²) in [4.78, 5) is 14.9. The van der Waals surface area contributed by atoms with Crippen LogP contribution in [0.15, 0.2) is 146 Å². The first-order valence-electron chi connectivity index (χ1n) is 23.5. The number of imidazole rings is 1. The van der Waals surface area contributed by atoms with Crippen molar-refractivity contribution in [1.29, 1.82) is 0 Å². The van der Waals surface area contributed by atoms with E-state index in [1.807, 2.05) is 54.7 Å². The summed E-state index contributed by atoms with van der Waals surface area (Å²) in [6.45, 7) is 17.9. The molecule has 7 heteroatoms. The van der Waals surface area contributed by atoms with Crippen LogP contribution in [0.25, 0.3) is 38.6 Å². The molecule has 3 aromatic heterocycles. The van der Waals surface area contributed by atoms with Crippen LogP contribution in [-0.2, 0) is 36.4 Å². The molecule has 11 rings (SSSR count). The molecule has 0 unspecified atom stereocenters. The van der Waals surface area contributed by atoms with Crippen LogP contribution in [0.4, 0.5) is 22.9 Å². The Bertz CT molecular complexity index is 3320. The predicted molar refractivity (Wildman–Crippen MR) is 266 cm³/mol. The number of anilines is 4. The zero-order chi connectivity index (χ0) is 46.5. The molecule has 2 aliphatic rings. The molecule has 5 nitrogen and oxygen atoms in total. The molecule has 64 heavy (non-hydrogen) atoms. The van der Waals surface area contributed by atoms with E-state index in [1.165, 1.54) is 22.2 Å². The van der Waals surface area contributed by atoms with Crippen LogP contribution in [0.2, 0.25) is 0 Å². The molecule has 6 aromatic carbocycles. The van der Waals surface area contributed by atoms with Crippen molar-refractivity contribution in [3.8, 4) is 11.3 Å². The van der Waals surface area contributed by atoms with Crippen molar-refractivity contribution in [3.63, 3.8) is 0 Å². The second-order valence-corrected chi connectivity index (χ2v) is 19.2. The van der Waals surface area contributed by atoms with Gasteiger partial charge in [-0.3, -0.25) is 4.98 Å². The summed E-state index contributed by atoms with van der Waals surface area (Å²) in [6, 6.07) is 54.6. The Balaban J connectivity index is 0.000000165. The van der Waals surface area contributed by atoms with Crippen LogP contribution in [-0.4, -0.2) is 21.4 Å². The molecule has 0 saturated heterocycles. The topological polar surface area (TPSA) is 36.7 Å². The minimum atomic E-state index is -2.23. The number of rotatable bonds is 4. The largest absolute Gasteiger partial charge is 0.415 e. The molecule has 0 atom stereocenters. The Morgan fingerprint density at radius 2 is 1.39 bits per heavy atom. The van der Waals surface area contributed by atoms with Gasteiger partial charge in [-0.05, 0) is 72.4 Å². The molecule has 0 fully saturated rings. The summed E-state index contributed by atoms with van der Waals surface area (Å²) in [7, 11) is 0. The van der Waals surface area contributed by atoms with Crippen molar-refractivity contribution in [3.05, 3.63) is 191 Å². The average molecular weight is 1020 g/mol. The Labute approximate surface area is 396 Å². The quantitative estimate of drug-likeness (QED) is 0.1000. The Morgan fingerprint density at radius 1 is 0.703 bits per heavy atom. The zero-order valence-electron chi connectivity index (χ0n) is 41.0. The molecular weight excluding hydrogens is 958 g/mol. The smallest absolute Gasteiger partial charge is 0.409 e. The number of fused-ring (bicyclic) bond motifs is 4. The minimum absolute atomic E-state index is 0. The summed E-state index contributed by atoms with van der Waals surface area (Å²) in [5.74, 6) is 0.942. The SMILES string of the molecule is Cc1cccc(C)c1B1N(c2cc(C(C)(C)C)ccn2)c2[c-]cccc2N1c1ccccc1.[2H]C([2H])([2H])c1ccc2c3c1c1ccc[c-]c1c1nc(-c4ccccc4)c(n13)C(C)(C)C2(C)C.[Ir]. The molecule has 5 heterocycles. The maximum Gasteiger partial charge on any atom is 0.409 e. The van der Waals surface area contributed by atoms with Gasteiger partial charge in [0.05, 0.1) is 11.3 Å². The molecule has 0 saturated carbocycles. The molecular formula is C57H54BIrN5-2. The van der Waals surface area contributed by atoms with Crippen LogP contribution in [0.3, 0.4) is 0 Å². The fourth-order valence-corrected chi connectivity index (χ4v) is 10.0. The van der Waals surface area contributed by atoms with Gasteiger partial charge in [-0.15, -0.1) is 35.7 Å². The molecule has 0 N–H and O–H groups in total. The van der Waals surface area contributed by atoms with Gasteiger partial charge in [0.15, 0.2) is 0 Å². The van der Waals surface area contributed by atoms with Gasteiger partial charge < -0.3 is 14.0 Å².